The molecule has 0 heterocycles. The zero-order chi connectivity index (χ0) is 19.3. The van der Waals surface area contributed by atoms with E-state index < -0.39 is 11.9 Å². The molecule has 26 heavy (non-hydrogen) atoms. The van der Waals surface area contributed by atoms with E-state index in [9.17, 15) is 14.7 Å². The third-order valence-electron chi connectivity index (χ3n) is 3.17. The van der Waals surface area contributed by atoms with Gasteiger partial charge in [-0.15, -0.1) is 0 Å². The quantitative estimate of drug-likeness (QED) is 0.375. The number of carbonyl (C=O) groups excluding carboxylic acids is 1. The molecule has 2 aromatic rings. The highest BCUT2D eigenvalue weighted by Crippen LogP contribution is 2.30. The molecule has 0 spiro atoms. The average molecular weight is 598 g/mol. The number of aliphatic carboxylic acids is 1. The Labute approximate surface area is 183 Å². The molecule has 0 unspecified atom stereocenters. The van der Waals surface area contributed by atoms with Crippen LogP contribution >= 0.6 is 56.8 Å². The zero-order valence-corrected chi connectivity index (χ0v) is 18.6. The molecule has 1 amide bonds. The van der Waals surface area contributed by atoms with Gasteiger partial charge in [0, 0.05) is 11.9 Å². The van der Waals surface area contributed by atoms with Crippen LogP contribution in [0.15, 0.2) is 42.1 Å². The van der Waals surface area contributed by atoms with Gasteiger partial charge in [0.25, 0.3) is 0 Å². The van der Waals surface area contributed by atoms with Gasteiger partial charge in [-0.3, -0.25) is 4.79 Å². The first-order valence-electron chi connectivity index (χ1n) is 7.35. The number of carboxylic acid groups (broad SMARTS) is 1. The van der Waals surface area contributed by atoms with Gasteiger partial charge in [0.2, 0.25) is 5.91 Å². The fourth-order valence-electron chi connectivity index (χ4n) is 2.04. The lowest BCUT2D eigenvalue weighted by Crippen LogP contribution is -2.24. The monoisotopic (exact) mass is 597 g/mol. The molecule has 0 saturated heterocycles. The number of carbonyl (C=O) groups is 2. The number of nitrogens with one attached hydrogen (secondary N) is 1. The van der Waals surface area contributed by atoms with Crippen LogP contribution in [0.3, 0.4) is 0 Å². The first kappa shape index (κ1) is 21.0. The molecule has 0 fully saturated rings. The topological polar surface area (TPSA) is 75.6 Å². The van der Waals surface area contributed by atoms with Crippen LogP contribution in [0.4, 0.5) is 0 Å². The maximum atomic E-state index is 11.2. The lowest BCUT2D eigenvalue weighted by Gasteiger charge is -2.12. The normalized spacial score (nSPS) is 11.2. The molecule has 0 aliphatic heterocycles. The minimum absolute atomic E-state index is 0.182. The largest absolute Gasteiger partial charge is 0.487 e. The molecule has 8 heteroatoms. The van der Waals surface area contributed by atoms with E-state index in [1.54, 1.807) is 24.3 Å². The van der Waals surface area contributed by atoms with Crippen molar-refractivity contribution in [2.75, 3.05) is 0 Å². The molecular weight excluding hydrogens is 583 g/mol. The SMILES string of the molecule is CC(=O)N/C(=C/c1cc(I)c(OCc2ccc(Cl)cc2)c(I)c1)C(=O)O. The highest BCUT2D eigenvalue weighted by atomic mass is 127. The number of rotatable bonds is 6. The molecule has 136 valence electrons. The number of benzene rings is 2. The van der Waals surface area contributed by atoms with Gasteiger partial charge in [-0.2, -0.15) is 0 Å². The Kier molecular flexibility index (Phi) is 7.71. The second-order valence-corrected chi connectivity index (χ2v) is 8.03. The van der Waals surface area contributed by atoms with Gasteiger partial charge >= 0.3 is 5.97 Å². The van der Waals surface area contributed by atoms with Crippen molar-refractivity contribution >= 4 is 74.7 Å². The van der Waals surface area contributed by atoms with Crippen LogP contribution in [0, 0.1) is 7.14 Å². The molecule has 0 saturated carbocycles. The fraction of sp³-hybridized carbons (Fsp3) is 0.111. The Morgan fingerprint density at radius 2 is 1.77 bits per heavy atom. The van der Waals surface area contributed by atoms with E-state index in [4.69, 9.17) is 16.3 Å². The minimum Gasteiger partial charge on any atom is -0.487 e. The maximum Gasteiger partial charge on any atom is 0.352 e. The molecule has 2 aromatic carbocycles. The van der Waals surface area contributed by atoms with Crippen LogP contribution in [-0.4, -0.2) is 17.0 Å². The van der Waals surface area contributed by atoms with Gasteiger partial charge in [0.05, 0.1) is 7.14 Å². The van der Waals surface area contributed by atoms with Crippen molar-refractivity contribution in [3.63, 3.8) is 0 Å². The summed E-state index contributed by atoms with van der Waals surface area (Å²) >= 11 is 10.1. The van der Waals surface area contributed by atoms with Crippen molar-refractivity contribution in [1.29, 1.82) is 0 Å². The molecule has 0 aliphatic carbocycles. The first-order valence-corrected chi connectivity index (χ1v) is 9.88. The number of hydrogen-bond donors (Lipinski definition) is 2. The molecule has 5 nitrogen and oxygen atoms in total. The van der Waals surface area contributed by atoms with Crippen LogP contribution < -0.4 is 10.1 Å². The Morgan fingerprint density at radius 3 is 2.27 bits per heavy atom. The summed E-state index contributed by atoms with van der Waals surface area (Å²) in [6.45, 7) is 1.66. The summed E-state index contributed by atoms with van der Waals surface area (Å²) in [6, 6.07) is 11.0. The van der Waals surface area contributed by atoms with Crippen molar-refractivity contribution in [3.8, 4) is 5.75 Å². The van der Waals surface area contributed by atoms with Crippen LogP contribution in [-0.2, 0) is 16.2 Å². The van der Waals surface area contributed by atoms with Crippen molar-refractivity contribution in [1.82, 2.24) is 5.32 Å². The van der Waals surface area contributed by atoms with Gasteiger partial charge in [0.15, 0.2) is 0 Å². The maximum absolute atomic E-state index is 11.2. The molecule has 0 atom stereocenters. The number of carboxylic acids is 1. The van der Waals surface area contributed by atoms with Gasteiger partial charge in [0.1, 0.15) is 18.1 Å². The van der Waals surface area contributed by atoms with E-state index in [0.29, 0.717) is 17.2 Å². The third-order valence-corrected chi connectivity index (χ3v) is 5.02. The van der Waals surface area contributed by atoms with Crippen LogP contribution in [0.1, 0.15) is 18.1 Å². The van der Waals surface area contributed by atoms with Crippen molar-refractivity contribution < 1.29 is 19.4 Å². The van der Waals surface area contributed by atoms with Crippen molar-refractivity contribution in [3.05, 3.63) is 65.4 Å². The smallest absolute Gasteiger partial charge is 0.352 e. The van der Waals surface area contributed by atoms with Gasteiger partial charge in [-0.05, 0) is 86.7 Å². The lowest BCUT2D eigenvalue weighted by atomic mass is 10.2. The Balaban J connectivity index is 2.22. The molecule has 2 N–H and O–H groups in total. The fourth-order valence-corrected chi connectivity index (χ4v) is 4.30. The predicted octanol–water partition coefficient (Wildman–Crippen LogP) is 4.69. The molecule has 2 rings (SSSR count). The Bertz CT molecular complexity index is 843. The summed E-state index contributed by atoms with van der Waals surface area (Å²) in [5.74, 6) is -0.922. The van der Waals surface area contributed by atoms with Gasteiger partial charge in [-0.1, -0.05) is 23.7 Å². The highest BCUT2D eigenvalue weighted by Gasteiger charge is 2.12. The van der Waals surface area contributed by atoms with Crippen molar-refractivity contribution in [2.24, 2.45) is 0 Å². The Hall–Kier alpha value is -1.33. The average Bonchev–Trinajstić information content (AvgIpc) is 2.54. The molecule has 0 radical (unpaired) electrons. The van der Waals surface area contributed by atoms with Gasteiger partial charge < -0.3 is 15.2 Å². The molecule has 0 aromatic heterocycles. The van der Waals surface area contributed by atoms with E-state index in [0.717, 1.165) is 18.5 Å². The summed E-state index contributed by atoms with van der Waals surface area (Å²) in [5, 5.41) is 12.2. The number of halogens is 3. The van der Waals surface area contributed by atoms with E-state index in [1.807, 2.05) is 12.1 Å². The number of amides is 1. The minimum atomic E-state index is -1.20. The van der Waals surface area contributed by atoms with Crippen molar-refractivity contribution in [2.45, 2.75) is 13.5 Å². The number of hydrogen-bond acceptors (Lipinski definition) is 3. The molecule has 0 aliphatic rings. The second-order valence-electron chi connectivity index (χ2n) is 5.27. The van der Waals surface area contributed by atoms with Gasteiger partial charge in [-0.25, -0.2) is 4.79 Å². The summed E-state index contributed by atoms with van der Waals surface area (Å²) in [6.07, 6.45) is 1.41. The van der Waals surface area contributed by atoms with Crippen LogP contribution in [0.2, 0.25) is 5.02 Å². The van der Waals surface area contributed by atoms with E-state index in [2.05, 4.69) is 50.5 Å². The zero-order valence-electron chi connectivity index (χ0n) is 13.6. The second kappa shape index (κ2) is 9.56. The number of ether oxygens (including phenoxy) is 1. The van der Waals surface area contributed by atoms with E-state index in [1.165, 1.54) is 13.0 Å². The summed E-state index contributed by atoms with van der Waals surface area (Å²) in [4.78, 5) is 22.4. The molecular formula is C18H14ClI2NO4. The highest BCUT2D eigenvalue weighted by molar-refractivity contribution is 14.1. The standard InChI is InChI=1S/C18H14ClI2NO4/c1-10(23)22-16(18(24)25)8-12-6-14(20)17(15(21)7-12)26-9-11-2-4-13(19)5-3-11/h2-8H,9H2,1H3,(H,22,23)(H,24,25)/b16-8+. The van der Waals surface area contributed by atoms with E-state index >= 15 is 0 Å². The predicted molar refractivity (Wildman–Crippen MR) is 117 cm³/mol. The summed E-state index contributed by atoms with van der Waals surface area (Å²) in [5.41, 5.74) is 1.46. The first-order chi connectivity index (χ1) is 12.3. The summed E-state index contributed by atoms with van der Waals surface area (Å²) < 4.78 is 7.57. The Morgan fingerprint density at radius 1 is 1.19 bits per heavy atom. The van der Waals surface area contributed by atoms with E-state index in [-0.39, 0.29) is 5.70 Å². The lowest BCUT2D eigenvalue weighted by molar-refractivity contribution is -0.134. The third kappa shape index (κ3) is 6.13. The molecule has 0 bridgehead atoms. The van der Waals surface area contributed by atoms with Crippen LogP contribution in [0.25, 0.3) is 6.08 Å². The summed E-state index contributed by atoms with van der Waals surface area (Å²) in [7, 11) is 0. The van der Waals surface area contributed by atoms with Crippen LogP contribution in [0.5, 0.6) is 5.75 Å².